The summed E-state index contributed by atoms with van der Waals surface area (Å²) in [6.45, 7) is -2.07. The molecule has 3 aliphatic heterocycles. The molecule has 6 unspecified atom stereocenters. The number of furan rings is 1. The first-order chi connectivity index (χ1) is 42.0. The quantitative estimate of drug-likeness (QED) is 0.0569. The van der Waals surface area contributed by atoms with E-state index in [-0.39, 0.29) is 25.5 Å². The molecule has 0 saturated carbocycles. The van der Waals surface area contributed by atoms with Gasteiger partial charge in [-0.1, -0.05) is 78.9 Å². The molecule has 6 aromatic heterocycles. The van der Waals surface area contributed by atoms with Crippen LogP contribution in [-0.2, 0) is 33.8 Å². The van der Waals surface area contributed by atoms with Gasteiger partial charge in [0.2, 0.25) is 11.8 Å². The van der Waals surface area contributed by atoms with Crippen molar-refractivity contribution in [2.24, 2.45) is 0 Å². The Morgan fingerprint density at radius 3 is 1.18 bits per heavy atom. The Labute approximate surface area is 488 Å². The standard InChI is InChI=1S/C20H20N2O7.2C19H19N3O7/c23-11-15-17(25)18(26)19(29-15)21-9-8-16(24)22(20(21)27)10-13-6-7-14(28-13)12-4-2-1-3-5-12;23-10-13-16(25)17(26)18(29-13)21-7-6-15(24)22(19(21)27)9-14-20-8-12(28-14)11-4-2-1-3-5-11;23-10-13-15(25)16(26)18(29-13)21-7-6-14(24)22(19(21)27)9-12-8-20-17(28-12)11-4-2-1-3-5-11/h1-9,15,17-19,23,25-26H,10-11H2;1-8,13,16-18,23,25-26H,9-10H2;1-8,13,15-16,18,23,25-26H,9-10H2/t15-,17?,18?,19-;13-,16?,17?,18-;13-,15?,16?,18-/m111/s1. The van der Waals surface area contributed by atoms with Crippen LogP contribution in [0.4, 0.5) is 0 Å². The van der Waals surface area contributed by atoms with Gasteiger partial charge in [-0.3, -0.25) is 41.8 Å². The predicted octanol–water partition coefficient (Wildman–Crippen LogP) is -1.42. The summed E-state index contributed by atoms with van der Waals surface area (Å²) in [5.74, 6) is 2.31. The average Bonchev–Trinajstić information content (AvgIpc) is 2.39. The molecule has 0 spiro atoms. The number of nitrogens with zero attached hydrogens (tertiary/aromatic N) is 8. The van der Waals surface area contributed by atoms with Gasteiger partial charge in [-0.15, -0.1) is 0 Å². The van der Waals surface area contributed by atoms with Crippen LogP contribution in [0.25, 0.3) is 34.1 Å². The lowest BCUT2D eigenvalue weighted by atomic mass is 10.1. The Balaban J connectivity index is 0.000000144. The van der Waals surface area contributed by atoms with E-state index in [9.17, 15) is 74.7 Å². The molecule has 0 aliphatic carbocycles. The van der Waals surface area contributed by atoms with Crippen LogP contribution < -0.4 is 33.7 Å². The molecule has 9 N–H and O–H groups in total. The van der Waals surface area contributed by atoms with Gasteiger partial charge in [-0.25, -0.2) is 24.4 Å². The van der Waals surface area contributed by atoms with Crippen LogP contribution in [0.3, 0.4) is 0 Å². The van der Waals surface area contributed by atoms with Gasteiger partial charge in [0.25, 0.3) is 16.7 Å². The Morgan fingerprint density at radius 1 is 0.379 bits per heavy atom. The van der Waals surface area contributed by atoms with Gasteiger partial charge in [-0.05, 0) is 24.3 Å². The summed E-state index contributed by atoms with van der Waals surface area (Å²) in [6.07, 6.45) is -8.72. The SMILES string of the molecule is O=c1ccn([C@@H]2O[C@H](CO)C(O)C2O)c(=O)n1Cc1ccc(-c2ccccc2)o1.O=c1ccn([C@@H]2O[C@H](CO)C(O)C2O)c(=O)n1Cc1cnc(-c2ccccc2)o1.O=c1ccn([C@@H]2O[C@H](CO)C(O)C2O)c(=O)n1Cc1ncc(-c2ccccc2)o1. The third kappa shape index (κ3) is 12.9. The highest BCUT2D eigenvalue weighted by Gasteiger charge is 2.46. The minimum Gasteiger partial charge on any atom is -0.459 e. The number of aliphatic hydroxyl groups excluding tert-OH is 9. The van der Waals surface area contributed by atoms with E-state index in [1.807, 2.05) is 91.0 Å². The lowest BCUT2D eigenvalue weighted by Gasteiger charge is -2.18. The van der Waals surface area contributed by atoms with Crippen LogP contribution in [-0.4, -0.2) is 158 Å². The molecule has 3 aliphatic rings. The fraction of sp³-hybridized carbons (Fsp3) is 0.310. The highest BCUT2D eigenvalue weighted by atomic mass is 16.6. The van der Waals surface area contributed by atoms with E-state index < -0.39 is 127 Å². The third-order valence-corrected chi connectivity index (χ3v) is 14.5. The molecule has 456 valence electrons. The number of aliphatic hydroxyl groups is 9. The zero-order valence-corrected chi connectivity index (χ0v) is 45.6. The summed E-state index contributed by atoms with van der Waals surface area (Å²) in [5, 5.41) is 87.9. The van der Waals surface area contributed by atoms with E-state index in [1.165, 1.54) is 31.0 Å². The van der Waals surface area contributed by atoms with Crippen LogP contribution in [0, 0.1) is 0 Å². The lowest BCUT2D eigenvalue weighted by molar-refractivity contribution is -0.0555. The highest BCUT2D eigenvalue weighted by molar-refractivity contribution is 5.57. The molecule has 9 heterocycles. The second kappa shape index (κ2) is 26.7. The molecule has 3 saturated heterocycles. The molecule has 9 aromatic rings. The smallest absolute Gasteiger partial charge is 0.333 e. The van der Waals surface area contributed by atoms with E-state index >= 15 is 0 Å². The number of ether oxygens (including phenoxy) is 3. The maximum atomic E-state index is 12.9. The molecule has 0 amide bonds. The van der Waals surface area contributed by atoms with Crippen molar-refractivity contribution in [1.82, 2.24) is 37.4 Å². The van der Waals surface area contributed by atoms with Crippen molar-refractivity contribution >= 4 is 0 Å². The number of oxazole rings is 2. The minimum absolute atomic E-state index is 0.111. The largest absolute Gasteiger partial charge is 0.459 e. The first-order valence-corrected chi connectivity index (χ1v) is 27.0. The van der Waals surface area contributed by atoms with Crippen LogP contribution in [0.15, 0.2) is 194 Å². The molecule has 0 bridgehead atoms. The first kappa shape index (κ1) is 61.0. The second-order valence-electron chi connectivity index (χ2n) is 20.1. The lowest BCUT2D eigenvalue weighted by Crippen LogP contribution is -2.43. The zero-order valence-electron chi connectivity index (χ0n) is 45.6. The van der Waals surface area contributed by atoms with Crippen LogP contribution >= 0.6 is 0 Å². The van der Waals surface area contributed by atoms with Gasteiger partial charge < -0.3 is 73.4 Å². The zero-order chi connectivity index (χ0) is 61.6. The van der Waals surface area contributed by atoms with E-state index in [4.69, 9.17) is 27.5 Å². The number of hydrogen-bond acceptors (Lipinski definition) is 23. The van der Waals surface area contributed by atoms with E-state index in [2.05, 4.69) is 9.97 Å². The Kier molecular flexibility index (Phi) is 18.7. The Hall–Kier alpha value is -9.08. The normalized spacial score (nSPS) is 24.1. The molecule has 0 radical (unpaired) electrons. The van der Waals surface area contributed by atoms with E-state index in [0.717, 1.165) is 62.3 Å². The number of aromatic nitrogens is 8. The maximum absolute atomic E-state index is 12.9. The minimum atomic E-state index is -1.44. The molecular formula is C58H58N8O21. The van der Waals surface area contributed by atoms with Crippen molar-refractivity contribution in [1.29, 1.82) is 0 Å². The van der Waals surface area contributed by atoms with Crippen LogP contribution in [0.5, 0.6) is 0 Å². The second-order valence-corrected chi connectivity index (χ2v) is 20.1. The Morgan fingerprint density at radius 2 is 0.770 bits per heavy atom. The van der Waals surface area contributed by atoms with Crippen molar-refractivity contribution in [2.45, 2.75) is 93.3 Å². The Bertz CT molecular complexity index is 3730. The number of benzene rings is 3. The van der Waals surface area contributed by atoms with E-state index in [0.29, 0.717) is 28.9 Å². The number of rotatable bonds is 15. The molecule has 29 heteroatoms. The van der Waals surface area contributed by atoms with Crippen molar-refractivity contribution in [3.63, 3.8) is 0 Å². The fourth-order valence-corrected chi connectivity index (χ4v) is 9.82. The van der Waals surface area contributed by atoms with Gasteiger partial charge >= 0.3 is 17.1 Å². The van der Waals surface area contributed by atoms with Gasteiger partial charge in [0.05, 0.1) is 45.3 Å². The molecular weight excluding hydrogens is 1140 g/mol. The first-order valence-electron chi connectivity index (χ1n) is 27.0. The molecule has 3 fully saturated rings. The van der Waals surface area contributed by atoms with Gasteiger partial charge in [0.1, 0.15) is 78.8 Å². The topological polar surface area (TPSA) is 407 Å². The number of hydrogen-bond donors (Lipinski definition) is 9. The van der Waals surface area contributed by atoms with Crippen LogP contribution in [0.1, 0.15) is 36.1 Å². The highest BCUT2D eigenvalue weighted by Crippen LogP contribution is 2.31. The van der Waals surface area contributed by atoms with Crippen molar-refractivity contribution < 1.29 is 73.4 Å². The maximum Gasteiger partial charge on any atom is 0.333 e. The van der Waals surface area contributed by atoms with Gasteiger partial charge in [0, 0.05) is 53.5 Å². The summed E-state index contributed by atoms with van der Waals surface area (Å²) in [6, 6.07) is 34.7. The third-order valence-electron chi connectivity index (χ3n) is 14.5. The van der Waals surface area contributed by atoms with Crippen molar-refractivity contribution in [3.8, 4) is 34.1 Å². The average molecular weight is 1200 g/mol. The summed E-state index contributed by atoms with van der Waals surface area (Å²) in [5.41, 5.74) is -1.55. The molecule has 3 aromatic carbocycles. The van der Waals surface area contributed by atoms with Crippen molar-refractivity contribution in [3.05, 3.63) is 232 Å². The molecule has 12 rings (SSSR count). The predicted molar refractivity (Wildman–Crippen MR) is 299 cm³/mol. The molecule has 12 atom stereocenters. The summed E-state index contributed by atoms with van der Waals surface area (Å²) >= 11 is 0. The van der Waals surface area contributed by atoms with Gasteiger partial charge in [0.15, 0.2) is 24.4 Å². The van der Waals surface area contributed by atoms with Gasteiger partial charge in [-0.2, -0.15) is 0 Å². The van der Waals surface area contributed by atoms with E-state index in [1.54, 1.807) is 12.1 Å². The summed E-state index contributed by atoms with van der Waals surface area (Å²) in [4.78, 5) is 83.6. The summed E-state index contributed by atoms with van der Waals surface area (Å²) in [7, 11) is 0. The fourth-order valence-electron chi connectivity index (χ4n) is 9.82. The van der Waals surface area contributed by atoms with Crippen molar-refractivity contribution in [2.75, 3.05) is 19.8 Å². The molecule has 87 heavy (non-hydrogen) atoms. The monoisotopic (exact) mass is 1200 g/mol. The van der Waals surface area contributed by atoms with Crippen LogP contribution in [0.2, 0.25) is 0 Å². The molecule has 29 nitrogen and oxygen atoms in total. The summed E-state index contributed by atoms with van der Waals surface area (Å²) < 4.78 is 38.9.